The van der Waals surface area contributed by atoms with Gasteiger partial charge in [0.05, 0.1) is 19.6 Å². The number of rotatable bonds is 7. The van der Waals surface area contributed by atoms with Gasteiger partial charge in [-0.05, 0) is 33.2 Å². The van der Waals surface area contributed by atoms with E-state index >= 15 is 0 Å². The number of alkyl halides is 3. The SMILES string of the molecule is CCNC(=NCCN(C)CC(F)(F)F)N1CCN(CC(=O)N2CCCCC2)CC1.I. The van der Waals surface area contributed by atoms with E-state index in [-0.39, 0.29) is 36.4 Å². The van der Waals surface area contributed by atoms with Crippen LogP contribution in [0.2, 0.25) is 0 Å². The maximum Gasteiger partial charge on any atom is 0.401 e. The predicted octanol–water partition coefficient (Wildman–Crippen LogP) is 1.69. The third-order valence-corrected chi connectivity index (χ3v) is 5.27. The highest BCUT2D eigenvalue weighted by Crippen LogP contribution is 2.15. The average molecular weight is 548 g/mol. The van der Waals surface area contributed by atoms with Gasteiger partial charge < -0.3 is 15.1 Å². The highest BCUT2D eigenvalue weighted by molar-refractivity contribution is 14.0. The Morgan fingerprint density at radius 1 is 1.03 bits per heavy atom. The molecule has 0 aromatic heterocycles. The molecule has 0 aromatic carbocycles. The van der Waals surface area contributed by atoms with Crippen molar-refractivity contribution in [2.75, 3.05) is 79.0 Å². The van der Waals surface area contributed by atoms with E-state index in [0.29, 0.717) is 19.6 Å². The summed E-state index contributed by atoms with van der Waals surface area (Å²) in [6.45, 7) is 7.56. The number of piperazine rings is 1. The summed E-state index contributed by atoms with van der Waals surface area (Å²) in [7, 11) is 1.45. The number of nitrogens with zero attached hydrogens (tertiary/aromatic N) is 5. The molecule has 2 heterocycles. The topological polar surface area (TPSA) is 54.4 Å². The molecule has 30 heavy (non-hydrogen) atoms. The van der Waals surface area contributed by atoms with E-state index in [4.69, 9.17) is 0 Å². The van der Waals surface area contributed by atoms with Crippen LogP contribution in [0, 0.1) is 0 Å². The molecule has 2 aliphatic rings. The molecular formula is C19H36F3IN6O. The summed E-state index contributed by atoms with van der Waals surface area (Å²) in [4.78, 5) is 24.4. The maximum atomic E-state index is 12.4. The lowest BCUT2D eigenvalue weighted by atomic mass is 10.1. The van der Waals surface area contributed by atoms with Gasteiger partial charge in [-0.1, -0.05) is 0 Å². The Bertz CT molecular complexity index is 535. The summed E-state index contributed by atoms with van der Waals surface area (Å²) in [6.07, 6.45) is -0.785. The zero-order chi connectivity index (χ0) is 21.3. The van der Waals surface area contributed by atoms with Gasteiger partial charge in [-0.15, -0.1) is 24.0 Å². The Hall–Kier alpha value is -0.820. The van der Waals surface area contributed by atoms with E-state index in [2.05, 4.69) is 20.1 Å². The minimum absolute atomic E-state index is 0. The number of hydrogen-bond donors (Lipinski definition) is 1. The number of aliphatic imine (C=N–C) groups is 1. The second-order valence-electron chi connectivity index (χ2n) is 7.79. The Labute approximate surface area is 195 Å². The molecule has 0 aliphatic carbocycles. The van der Waals surface area contributed by atoms with E-state index in [1.807, 2.05) is 11.8 Å². The molecule has 0 saturated carbocycles. The van der Waals surface area contributed by atoms with Crippen molar-refractivity contribution in [2.45, 2.75) is 32.4 Å². The van der Waals surface area contributed by atoms with E-state index < -0.39 is 12.7 Å². The van der Waals surface area contributed by atoms with Crippen molar-refractivity contribution in [1.29, 1.82) is 0 Å². The number of amides is 1. The van der Waals surface area contributed by atoms with Crippen molar-refractivity contribution in [3.8, 4) is 0 Å². The van der Waals surface area contributed by atoms with Crippen molar-refractivity contribution < 1.29 is 18.0 Å². The van der Waals surface area contributed by atoms with Crippen LogP contribution in [0.15, 0.2) is 4.99 Å². The first-order chi connectivity index (χ1) is 13.8. The molecule has 0 radical (unpaired) electrons. The molecule has 0 aromatic rings. The summed E-state index contributed by atoms with van der Waals surface area (Å²) < 4.78 is 37.3. The van der Waals surface area contributed by atoms with E-state index in [9.17, 15) is 18.0 Å². The Morgan fingerprint density at radius 2 is 1.67 bits per heavy atom. The Morgan fingerprint density at radius 3 is 2.23 bits per heavy atom. The lowest BCUT2D eigenvalue weighted by molar-refractivity contribution is -0.142. The number of nitrogens with one attached hydrogen (secondary N) is 1. The number of hydrogen-bond acceptors (Lipinski definition) is 4. The Kier molecular flexibility index (Phi) is 12.3. The molecule has 1 amide bonds. The zero-order valence-electron chi connectivity index (χ0n) is 18.1. The molecule has 11 heteroatoms. The van der Waals surface area contributed by atoms with Crippen LogP contribution in [0.5, 0.6) is 0 Å². The molecular weight excluding hydrogens is 512 g/mol. The summed E-state index contributed by atoms with van der Waals surface area (Å²) in [5.74, 6) is 0.946. The van der Waals surface area contributed by atoms with Gasteiger partial charge in [0.15, 0.2) is 5.96 Å². The van der Waals surface area contributed by atoms with Crippen LogP contribution in [0.1, 0.15) is 26.2 Å². The molecule has 2 saturated heterocycles. The van der Waals surface area contributed by atoms with Gasteiger partial charge in [0, 0.05) is 52.4 Å². The van der Waals surface area contributed by atoms with Crippen LogP contribution < -0.4 is 5.32 Å². The predicted molar refractivity (Wildman–Crippen MR) is 123 cm³/mol. The van der Waals surface area contributed by atoms with Gasteiger partial charge in [0.1, 0.15) is 0 Å². The van der Waals surface area contributed by atoms with Crippen molar-refractivity contribution in [2.24, 2.45) is 4.99 Å². The summed E-state index contributed by atoms with van der Waals surface area (Å²) in [5, 5.41) is 3.22. The molecule has 7 nitrogen and oxygen atoms in total. The molecule has 2 aliphatic heterocycles. The van der Waals surface area contributed by atoms with Crippen molar-refractivity contribution in [1.82, 2.24) is 24.9 Å². The highest BCUT2D eigenvalue weighted by atomic mass is 127. The van der Waals surface area contributed by atoms with Crippen LogP contribution in [0.3, 0.4) is 0 Å². The maximum absolute atomic E-state index is 12.4. The molecule has 0 bridgehead atoms. The first kappa shape index (κ1) is 27.2. The van der Waals surface area contributed by atoms with Crippen molar-refractivity contribution in [3.63, 3.8) is 0 Å². The van der Waals surface area contributed by atoms with Crippen molar-refractivity contribution in [3.05, 3.63) is 0 Å². The number of guanidine groups is 1. The quantitative estimate of drug-likeness (QED) is 0.298. The van der Waals surface area contributed by atoms with E-state index in [0.717, 1.165) is 58.1 Å². The number of carbonyl (C=O) groups excluding carboxylic acids is 1. The summed E-state index contributed by atoms with van der Waals surface area (Å²) in [5.41, 5.74) is 0. The van der Waals surface area contributed by atoms with Crippen LogP contribution in [0.25, 0.3) is 0 Å². The second kappa shape index (κ2) is 13.6. The smallest absolute Gasteiger partial charge is 0.357 e. The number of halogens is 4. The molecule has 0 atom stereocenters. The summed E-state index contributed by atoms with van der Waals surface area (Å²) >= 11 is 0. The molecule has 2 rings (SSSR count). The van der Waals surface area contributed by atoms with Crippen LogP contribution in [-0.2, 0) is 4.79 Å². The lowest BCUT2D eigenvalue weighted by Gasteiger charge is -2.37. The van der Waals surface area contributed by atoms with Gasteiger partial charge in [-0.25, -0.2) is 0 Å². The fourth-order valence-electron chi connectivity index (χ4n) is 3.69. The monoisotopic (exact) mass is 548 g/mol. The minimum Gasteiger partial charge on any atom is -0.357 e. The van der Waals surface area contributed by atoms with Crippen LogP contribution in [-0.4, -0.2) is 117 Å². The van der Waals surface area contributed by atoms with Crippen molar-refractivity contribution >= 4 is 35.8 Å². The van der Waals surface area contributed by atoms with Gasteiger partial charge >= 0.3 is 6.18 Å². The van der Waals surface area contributed by atoms with E-state index in [1.54, 1.807) is 0 Å². The number of piperidine rings is 1. The largest absolute Gasteiger partial charge is 0.401 e. The van der Waals surface area contributed by atoms with E-state index in [1.165, 1.54) is 18.4 Å². The molecule has 0 spiro atoms. The Balaban J connectivity index is 0.00000450. The average Bonchev–Trinajstić information content (AvgIpc) is 2.67. The highest BCUT2D eigenvalue weighted by Gasteiger charge is 2.29. The third kappa shape index (κ3) is 9.99. The van der Waals surface area contributed by atoms with Crippen LogP contribution >= 0.6 is 24.0 Å². The molecule has 176 valence electrons. The zero-order valence-corrected chi connectivity index (χ0v) is 20.4. The fraction of sp³-hybridized carbons (Fsp3) is 0.895. The number of likely N-dealkylation sites (N-methyl/N-ethyl adjacent to an activating group) is 1. The van der Waals surface area contributed by atoms with Gasteiger partial charge in [0.2, 0.25) is 5.91 Å². The molecule has 2 fully saturated rings. The third-order valence-electron chi connectivity index (χ3n) is 5.27. The lowest BCUT2D eigenvalue weighted by Crippen LogP contribution is -2.54. The van der Waals surface area contributed by atoms with Gasteiger partial charge in [0.25, 0.3) is 0 Å². The molecule has 1 N–H and O–H groups in total. The van der Waals surface area contributed by atoms with Gasteiger partial charge in [-0.3, -0.25) is 19.6 Å². The number of likely N-dealkylation sites (tertiary alicyclic amines) is 1. The number of carbonyl (C=O) groups is 1. The first-order valence-corrected chi connectivity index (χ1v) is 10.6. The van der Waals surface area contributed by atoms with Crippen LogP contribution in [0.4, 0.5) is 13.2 Å². The summed E-state index contributed by atoms with van der Waals surface area (Å²) in [6, 6.07) is 0. The minimum atomic E-state index is -4.19. The molecule has 0 unspecified atom stereocenters. The second-order valence-corrected chi connectivity index (χ2v) is 7.79. The van der Waals surface area contributed by atoms with Gasteiger partial charge in [-0.2, -0.15) is 13.2 Å². The fourth-order valence-corrected chi connectivity index (χ4v) is 3.69. The first-order valence-electron chi connectivity index (χ1n) is 10.6. The standard InChI is InChI=1S/C19H35F3N6O.HI/c1-3-23-18(24-7-10-25(2)16-19(20,21)22)28-13-11-26(12-14-28)15-17(29)27-8-5-4-6-9-27;/h3-16H2,1-2H3,(H,23,24);1H. The normalized spacial score (nSPS) is 19.1.